The molecule has 0 spiro atoms. The fraction of sp³-hybridized carbons (Fsp3) is 0.462. The minimum Gasteiger partial charge on any atom is -0.480 e. The van der Waals surface area contributed by atoms with Crippen molar-refractivity contribution >= 4 is 11.7 Å². The van der Waals surface area contributed by atoms with E-state index in [1.165, 1.54) is 0 Å². The van der Waals surface area contributed by atoms with Crippen LogP contribution in [0.15, 0.2) is 24.3 Å². The summed E-state index contributed by atoms with van der Waals surface area (Å²) < 4.78 is 0. The van der Waals surface area contributed by atoms with E-state index < -0.39 is 12.0 Å². The maximum atomic E-state index is 11.2. The summed E-state index contributed by atoms with van der Waals surface area (Å²) in [4.78, 5) is 13.1. The van der Waals surface area contributed by atoms with E-state index in [2.05, 4.69) is 5.32 Å². The number of carboxylic acids is 1. The number of nitrogens with one attached hydrogen (secondary N) is 1. The van der Waals surface area contributed by atoms with Gasteiger partial charge in [0.15, 0.2) is 0 Å². The molecule has 1 rings (SSSR count). The highest BCUT2D eigenvalue weighted by atomic mass is 16.4. The predicted molar refractivity (Wildman–Crippen MR) is 69.4 cm³/mol. The first-order valence-electron chi connectivity index (χ1n) is 5.79. The molecule has 1 unspecified atom stereocenters. The van der Waals surface area contributed by atoms with E-state index in [9.17, 15) is 4.79 Å². The summed E-state index contributed by atoms with van der Waals surface area (Å²) in [5, 5.41) is 12.2. The molecule has 0 aliphatic rings. The Kier molecular flexibility index (Phi) is 4.97. The van der Waals surface area contributed by atoms with Gasteiger partial charge in [-0.15, -0.1) is 0 Å². The first-order chi connectivity index (χ1) is 8.06. The number of carboxylic acid groups (broad SMARTS) is 1. The van der Waals surface area contributed by atoms with Crippen LogP contribution in [0.25, 0.3) is 0 Å². The lowest BCUT2D eigenvalue weighted by atomic mass is 10.1. The van der Waals surface area contributed by atoms with Crippen LogP contribution in [0.3, 0.4) is 0 Å². The summed E-state index contributed by atoms with van der Waals surface area (Å²) in [6.45, 7) is 2.72. The lowest BCUT2D eigenvalue weighted by molar-refractivity contribution is -0.139. The third-order valence-corrected chi connectivity index (χ3v) is 2.59. The average Bonchev–Trinajstić information content (AvgIpc) is 2.29. The minimum absolute atomic E-state index is 0.619. The SMILES string of the molecule is CCCNC(C(=O)O)c1ccc(N(C)C)cc1. The average molecular weight is 236 g/mol. The third-order valence-electron chi connectivity index (χ3n) is 2.59. The van der Waals surface area contributed by atoms with Gasteiger partial charge in [0.25, 0.3) is 0 Å². The van der Waals surface area contributed by atoms with E-state index in [4.69, 9.17) is 5.11 Å². The molecule has 0 aliphatic carbocycles. The molecular formula is C13H20N2O2. The summed E-state index contributed by atoms with van der Waals surface area (Å²) >= 11 is 0. The van der Waals surface area contributed by atoms with Crippen molar-refractivity contribution in [2.45, 2.75) is 19.4 Å². The predicted octanol–water partition coefficient (Wildman–Crippen LogP) is 1.88. The third kappa shape index (κ3) is 3.75. The Labute approximate surface area is 102 Å². The maximum Gasteiger partial charge on any atom is 0.325 e. The number of hydrogen-bond acceptors (Lipinski definition) is 3. The Hall–Kier alpha value is -1.55. The van der Waals surface area contributed by atoms with E-state index in [0.29, 0.717) is 6.54 Å². The number of anilines is 1. The lowest BCUT2D eigenvalue weighted by Crippen LogP contribution is -2.29. The molecule has 0 amide bonds. The smallest absolute Gasteiger partial charge is 0.325 e. The number of rotatable bonds is 6. The summed E-state index contributed by atoms with van der Waals surface area (Å²) in [7, 11) is 3.91. The normalized spacial score (nSPS) is 12.2. The van der Waals surface area contributed by atoms with Crippen LogP contribution in [0.1, 0.15) is 24.9 Å². The van der Waals surface area contributed by atoms with E-state index in [1.807, 2.05) is 50.2 Å². The first-order valence-corrected chi connectivity index (χ1v) is 5.79. The molecule has 4 heteroatoms. The second-order valence-electron chi connectivity index (χ2n) is 4.21. The molecule has 0 radical (unpaired) electrons. The van der Waals surface area contributed by atoms with Gasteiger partial charge in [-0.1, -0.05) is 19.1 Å². The second-order valence-corrected chi connectivity index (χ2v) is 4.21. The van der Waals surface area contributed by atoms with Crippen LogP contribution in [0.2, 0.25) is 0 Å². The molecule has 0 saturated carbocycles. The highest BCUT2D eigenvalue weighted by Gasteiger charge is 2.18. The van der Waals surface area contributed by atoms with Gasteiger partial charge in [0.05, 0.1) is 0 Å². The van der Waals surface area contributed by atoms with Crippen molar-refractivity contribution in [1.29, 1.82) is 0 Å². The van der Waals surface area contributed by atoms with Gasteiger partial charge >= 0.3 is 5.97 Å². The first kappa shape index (κ1) is 13.5. The van der Waals surface area contributed by atoms with E-state index in [1.54, 1.807) is 0 Å². The summed E-state index contributed by atoms with van der Waals surface area (Å²) in [6, 6.07) is 6.96. The molecule has 1 atom stereocenters. The molecule has 0 heterocycles. The Morgan fingerprint density at radius 3 is 2.35 bits per heavy atom. The van der Waals surface area contributed by atoms with Crippen LogP contribution in [0.5, 0.6) is 0 Å². The van der Waals surface area contributed by atoms with E-state index in [0.717, 1.165) is 17.7 Å². The van der Waals surface area contributed by atoms with Crippen molar-refractivity contribution in [2.24, 2.45) is 0 Å². The standard InChI is InChI=1S/C13H20N2O2/c1-4-9-14-12(13(16)17)10-5-7-11(8-6-10)15(2)3/h5-8,12,14H,4,9H2,1-3H3,(H,16,17). The topological polar surface area (TPSA) is 52.6 Å². The molecule has 0 bridgehead atoms. The zero-order chi connectivity index (χ0) is 12.8. The van der Waals surface area contributed by atoms with Gasteiger partial charge < -0.3 is 15.3 Å². The number of nitrogens with zero attached hydrogens (tertiary/aromatic N) is 1. The number of aliphatic carboxylic acids is 1. The molecule has 1 aromatic carbocycles. The van der Waals surface area contributed by atoms with Crippen molar-refractivity contribution in [1.82, 2.24) is 5.32 Å². The summed E-state index contributed by atoms with van der Waals surface area (Å²) in [5.41, 5.74) is 1.85. The van der Waals surface area contributed by atoms with Gasteiger partial charge in [-0.3, -0.25) is 4.79 Å². The Balaban J connectivity index is 2.83. The molecule has 0 aliphatic heterocycles. The second kappa shape index (κ2) is 6.25. The fourth-order valence-corrected chi connectivity index (χ4v) is 1.60. The van der Waals surface area contributed by atoms with Gasteiger partial charge in [0, 0.05) is 19.8 Å². The molecular weight excluding hydrogens is 216 g/mol. The van der Waals surface area contributed by atoms with Crippen molar-refractivity contribution in [3.05, 3.63) is 29.8 Å². The van der Waals surface area contributed by atoms with Crippen molar-refractivity contribution in [3.63, 3.8) is 0 Å². The molecule has 4 nitrogen and oxygen atoms in total. The number of carbonyl (C=O) groups is 1. The molecule has 0 aromatic heterocycles. The van der Waals surface area contributed by atoms with Crippen LogP contribution in [0, 0.1) is 0 Å². The van der Waals surface area contributed by atoms with Crippen molar-refractivity contribution in [2.75, 3.05) is 25.5 Å². The molecule has 0 saturated heterocycles. The molecule has 2 N–H and O–H groups in total. The highest BCUT2D eigenvalue weighted by molar-refractivity contribution is 5.75. The molecule has 1 aromatic rings. The Bertz CT molecular complexity index is 360. The van der Waals surface area contributed by atoms with Gasteiger partial charge in [-0.25, -0.2) is 0 Å². The summed E-state index contributed by atoms with van der Waals surface area (Å²) in [5.74, 6) is -0.837. The van der Waals surface area contributed by atoms with Gasteiger partial charge in [0.2, 0.25) is 0 Å². The maximum absolute atomic E-state index is 11.2. The monoisotopic (exact) mass is 236 g/mol. The molecule has 0 fully saturated rings. The van der Waals surface area contributed by atoms with Crippen LogP contribution >= 0.6 is 0 Å². The van der Waals surface area contributed by atoms with Crippen LogP contribution in [-0.4, -0.2) is 31.7 Å². The summed E-state index contributed by atoms with van der Waals surface area (Å²) in [6.07, 6.45) is 0.916. The lowest BCUT2D eigenvalue weighted by Gasteiger charge is -2.17. The number of benzene rings is 1. The largest absolute Gasteiger partial charge is 0.480 e. The fourth-order valence-electron chi connectivity index (χ4n) is 1.60. The molecule has 17 heavy (non-hydrogen) atoms. The van der Waals surface area contributed by atoms with E-state index in [-0.39, 0.29) is 0 Å². The van der Waals surface area contributed by atoms with Gasteiger partial charge in [0.1, 0.15) is 6.04 Å². The van der Waals surface area contributed by atoms with Crippen LogP contribution in [-0.2, 0) is 4.79 Å². The van der Waals surface area contributed by atoms with Crippen LogP contribution in [0.4, 0.5) is 5.69 Å². The van der Waals surface area contributed by atoms with Gasteiger partial charge in [-0.05, 0) is 30.7 Å². The number of hydrogen-bond donors (Lipinski definition) is 2. The van der Waals surface area contributed by atoms with Crippen LogP contribution < -0.4 is 10.2 Å². The Morgan fingerprint density at radius 2 is 1.94 bits per heavy atom. The van der Waals surface area contributed by atoms with Crippen molar-refractivity contribution < 1.29 is 9.90 Å². The van der Waals surface area contributed by atoms with Crippen molar-refractivity contribution in [3.8, 4) is 0 Å². The Morgan fingerprint density at radius 1 is 1.35 bits per heavy atom. The minimum atomic E-state index is -0.837. The zero-order valence-corrected chi connectivity index (χ0v) is 10.6. The quantitative estimate of drug-likeness (QED) is 0.792. The zero-order valence-electron chi connectivity index (χ0n) is 10.6. The molecule has 94 valence electrons. The van der Waals surface area contributed by atoms with E-state index >= 15 is 0 Å². The van der Waals surface area contributed by atoms with Gasteiger partial charge in [-0.2, -0.15) is 0 Å². The highest BCUT2D eigenvalue weighted by Crippen LogP contribution is 2.18.